The van der Waals surface area contributed by atoms with E-state index in [2.05, 4.69) is 18.2 Å². The highest BCUT2D eigenvalue weighted by atomic mass is 14.6. The average molecular weight is 209 g/mol. The van der Waals surface area contributed by atoms with E-state index in [9.17, 15) is 0 Å². The van der Waals surface area contributed by atoms with Crippen LogP contribution in [0.15, 0.2) is 66.7 Å². The zero-order valence-electron chi connectivity index (χ0n) is 9.08. The van der Waals surface area contributed by atoms with Gasteiger partial charge in [0.25, 0.3) is 0 Å². The van der Waals surface area contributed by atoms with Gasteiger partial charge in [0, 0.05) is 6.04 Å². The minimum absolute atomic E-state index is 0.0404. The Balaban J connectivity index is 2.08. The molecule has 0 fully saturated rings. The molecule has 0 bridgehead atoms. The molecule has 0 aliphatic carbocycles. The fourth-order valence-corrected chi connectivity index (χ4v) is 1.57. The van der Waals surface area contributed by atoms with Gasteiger partial charge in [-0.3, -0.25) is 0 Å². The number of hydrogen-bond acceptors (Lipinski definition) is 1. The predicted molar refractivity (Wildman–Crippen MR) is 68.8 cm³/mol. The second-order valence-electron chi connectivity index (χ2n) is 3.71. The van der Waals surface area contributed by atoms with Gasteiger partial charge in [-0.05, 0) is 11.1 Å². The highest BCUT2D eigenvalue weighted by molar-refractivity contribution is 5.50. The summed E-state index contributed by atoms with van der Waals surface area (Å²) in [5, 5.41) is 0. The lowest BCUT2D eigenvalue weighted by Crippen LogP contribution is -2.06. The summed E-state index contributed by atoms with van der Waals surface area (Å²) in [4.78, 5) is 0. The van der Waals surface area contributed by atoms with Crippen molar-refractivity contribution >= 4 is 6.08 Å². The zero-order chi connectivity index (χ0) is 11.2. The molecule has 0 aliphatic heterocycles. The molecule has 0 spiro atoms. The molecule has 2 aromatic rings. The summed E-state index contributed by atoms with van der Waals surface area (Å²) in [6.45, 7) is 0. The van der Waals surface area contributed by atoms with E-state index in [4.69, 9.17) is 5.73 Å². The molecule has 1 nitrogen and oxygen atoms in total. The lowest BCUT2D eigenvalue weighted by atomic mass is 10.1. The molecular weight excluding hydrogens is 194 g/mol. The summed E-state index contributed by atoms with van der Waals surface area (Å²) >= 11 is 0. The maximum absolute atomic E-state index is 6.06. The van der Waals surface area contributed by atoms with Crippen LogP contribution in [0.25, 0.3) is 6.08 Å². The van der Waals surface area contributed by atoms with Crippen molar-refractivity contribution < 1.29 is 0 Å². The van der Waals surface area contributed by atoms with Gasteiger partial charge in [0.15, 0.2) is 0 Å². The van der Waals surface area contributed by atoms with E-state index in [1.165, 1.54) is 5.56 Å². The number of rotatable bonds is 3. The Kier molecular flexibility index (Phi) is 3.52. The first-order valence-electron chi connectivity index (χ1n) is 5.40. The Labute approximate surface area is 96.2 Å². The Morgan fingerprint density at radius 2 is 1.38 bits per heavy atom. The fraction of sp³-hybridized carbons (Fsp3) is 0.0667. The first-order chi connectivity index (χ1) is 7.86. The maximum atomic E-state index is 6.06. The summed E-state index contributed by atoms with van der Waals surface area (Å²) in [6, 6.07) is 20.2. The predicted octanol–water partition coefficient (Wildman–Crippen LogP) is 3.40. The molecule has 1 atom stereocenters. The molecule has 0 radical (unpaired) electrons. The van der Waals surface area contributed by atoms with Crippen LogP contribution in [0.4, 0.5) is 0 Å². The van der Waals surface area contributed by atoms with Gasteiger partial charge in [-0.25, -0.2) is 0 Å². The van der Waals surface area contributed by atoms with Crippen molar-refractivity contribution in [2.45, 2.75) is 6.04 Å². The maximum Gasteiger partial charge on any atom is 0.0484 e. The molecule has 16 heavy (non-hydrogen) atoms. The van der Waals surface area contributed by atoms with Gasteiger partial charge in [0.05, 0.1) is 0 Å². The van der Waals surface area contributed by atoms with Crippen LogP contribution in [0, 0.1) is 0 Å². The third-order valence-electron chi connectivity index (χ3n) is 2.48. The minimum Gasteiger partial charge on any atom is -0.321 e. The molecule has 0 amide bonds. The van der Waals surface area contributed by atoms with Gasteiger partial charge in [0.1, 0.15) is 0 Å². The van der Waals surface area contributed by atoms with Crippen molar-refractivity contribution in [2.24, 2.45) is 5.73 Å². The van der Waals surface area contributed by atoms with E-state index in [0.717, 1.165) is 5.56 Å². The molecular formula is C15H15N. The van der Waals surface area contributed by atoms with Crippen LogP contribution < -0.4 is 5.73 Å². The molecule has 0 aromatic heterocycles. The van der Waals surface area contributed by atoms with Crippen LogP contribution in [-0.4, -0.2) is 0 Å². The Bertz CT molecular complexity index is 445. The summed E-state index contributed by atoms with van der Waals surface area (Å²) in [5.41, 5.74) is 8.36. The molecule has 2 N–H and O–H groups in total. The van der Waals surface area contributed by atoms with Crippen molar-refractivity contribution in [2.75, 3.05) is 0 Å². The Morgan fingerprint density at radius 3 is 2.00 bits per heavy atom. The van der Waals surface area contributed by atoms with Crippen LogP contribution in [0.5, 0.6) is 0 Å². The van der Waals surface area contributed by atoms with Gasteiger partial charge in [0.2, 0.25) is 0 Å². The van der Waals surface area contributed by atoms with E-state index in [0.29, 0.717) is 0 Å². The van der Waals surface area contributed by atoms with Gasteiger partial charge in [-0.2, -0.15) is 0 Å². The minimum atomic E-state index is -0.0404. The summed E-state index contributed by atoms with van der Waals surface area (Å²) < 4.78 is 0. The van der Waals surface area contributed by atoms with E-state index >= 15 is 0 Å². The lowest BCUT2D eigenvalue weighted by Gasteiger charge is -2.05. The van der Waals surface area contributed by atoms with Gasteiger partial charge in [-0.1, -0.05) is 72.8 Å². The number of benzene rings is 2. The smallest absolute Gasteiger partial charge is 0.0484 e. The number of hydrogen-bond donors (Lipinski definition) is 1. The normalized spacial score (nSPS) is 12.8. The average Bonchev–Trinajstić information content (AvgIpc) is 2.38. The third-order valence-corrected chi connectivity index (χ3v) is 2.48. The van der Waals surface area contributed by atoms with Gasteiger partial charge in [-0.15, -0.1) is 0 Å². The molecule has 2 aromatic carbocycles. The van der Waals surface area contributed by atoms with Crippen molar-refractivity contribution in [1.82, 2.24) is 0 Å². The van der Waals surface area contributed by atoms with E-state index in [1.807, 2.05) is 54.6 Å². The van der Waals surface area contributed by atoms with Crippen molar-refractivity contribution in [3.8, 4) is 0 Å². The quantitative estimate of drug-likeness (QED) is 0.823. The van der Waals surface area contributed by atoms with E-state index < -0.39 is 0 Å². The van der Waals surface area contributed by atoms with Crippen LogP contribution in [0.1, 0.15) is 17.2 Å². The highest BCUT2D eigenvalue weighted by Gasteiger charge is 1.99. The van der Waals surface area contributed by atoms with Crippen molar-refractivity contribution in [3.63, 3.8) is 0 Å². The largest absolute Gasteiger partial charge is 0.321 e. The number of nitrogens with two attached hydrogens (primary N) is 1. The second kappa shape index (κ2) is 5.29. The molecule has 0 aliphatic rings. The van der Waals surface area contributed by atoms with Crippen LogP contribution in [0.2, 0.25) is 0 Å². The molecule has 0 unspecified atom stereocenters. The molecule has 80 valence electrons. The molecule has 0 saturated heterocycles. The third kappa shape index (κ3) is 2.81. The highest BCUT2D eigenvalue weighted by Crippen LogP contribution is 2.12. The van der Waals surface area contributed by atoms with Crippen molar-refractivity contribution in [3.05, 3.63) is 77.9 Å². The van der Waals surface area contributed by atoms with Crippen LogP contribution in [0.3, 0.4) is 0 Å². The summed E-state index contributed by atoms with van der Waals surface area (Å²) in [6.07, 6.45) is 4.07. The first kappa shape index (κ1) is 10.7. The molecule has 2 rings (SSSR count). The van der Waals surface area contributed by atoms with Crippen LogP contribution in [-0.2, 0) is 0 Å². The van der Waals surface area contributed by atoms with Crippen molar-refractivity contribution in [1.29, 1.82) is 0 Å². The molecule has 1 heteroatoms. The van der Waals surface area contributed by atoms with Crippen LogP contribution >= 0.6 is 0 Å². The second-order valence-corrected chi connectivity index (χ2v) is 3.71. The first-order valence-corrected chi connectivity index (χ1v) is 5.40. The Hall–Kier alpha value is -1.86. The SMILES string of the molecule is N[C@H](/C=C/c1ccccc1)c1ccccc1. The Morgan fingerprint density at radius 1 is 0.812 bits per heavy atom. The van der Waals surface area contributed by atoms with E-state index in [1.54, 1.807) is 0 Å². The lowest BCUT2D eigenvalue weighted by molar-refractivity contribution is 0.916. The van der Waals surface area contributed by atoms with Gasteiger partial charge >= 0.3 is 0 Å². The fourth-order valence-electron chi connectivity index (χ4n) is 1.57. The monoisotopic (exact) mass is 209 g/mol. The summed E-state index contributed by atoms with van der Waals surface area (Å²) in [5.74, 6) is 0. The van der Waals surface area contributed by atoms with E-state index in [-0.39, 0.29) is 6.04 Å². The molecule has 0 saturated carbocycles. The summed E-state index contributed by atoms with van der Waals surface area (Å²) in [7, 11) is 0. The molecule has 0 heterocycles. The zero-order valence-corrected chi connectivity index (χ0v) is 9.08. The standard InChI is InChI=1S/C15H15N/c16-15(14-9-5-2-6-10-14)12-11-13-7-3-1-4-8-13/h1-12,15H,16H2/b12-11+/t15-/m1/s1. The van der Waals surface area contributed by atoms with Gasteiger partial charge < -0.3 is 5.73 Å². The topological polar surface area (TPSA) is 26.0 Å².